The van der Waals surface area contributed by atoms with Crippen molar-refractivity contribution in [2.45, 2.75) is 52.9 Å². The van der Waals surface area contributed by atoms with Crippen LogP contribution >= 0.6 is 11.6 Å². The van der Waals surface area contributed by atoms with Gasteiger partial charge in [-0.25, -0.2) is 4.79 Å². The number of nitrogens with one attached hydrogen (secondary N) is 1. The summed E-state index contributed by atoms with van der Waals surface area (Å²) in [7, 11) is 1.51. The number of hydrogen-bond acceptors (Lipinski definition) is 5. The number of carbonyl (C=O) groups excluding carboxylic acids is 2. The van der Waals surface area contributed by atoms with Crippen LogP contribution in [0.5, 0.6) is 11.5 Å². The summed E-state index contributed by atoms with van der Waals surface area (Å²) < 4.78 is 16.0. The molecule has 0 radical (unpaired) electrons. The first kappa shape index (κ1) is 21.8. The van der Waals surface area contributed by atoms with E-state index in [2.05, 4.69) is 5.32 Å². The zero-order valence-electron chi connectivity index (χ0n) is 16.0. The zero-order chi connectivity index (χ0) is 19.9. The van der Waals surface area contributed by atoms with E-state index in [-0.39, 0.29) is 18.1 Å². The molecule has 0 aliphatic carbocycles. The third-order valence-corrected chi connectivity index (χ3v) is 3.39. The summed E-state index contributed by atoms with van der Waals surface area (Å²) in [5.74, 6) is -0.0672. The number of esters is 1. The Hall–Kier alpha value is -2.21. The Bertz CT molecular complexity index is 670. The third-order valence-electron chi connectivity index (χ3n) is 3.11. The highest BCUT2D eigenvalue weighted by Gasteiger charge is 2.17. The second-order valence-corrected chi connectivity index (χ2v) is 6.68. The van der Waals surface area contributed by atoms with E-state index in [1.165, 1.54) is 26.2 Å². The van der Waals surface area contributed by atoms with Gasteiger partial charge in [0.2, 0.25) is 0 Å². The average Bonchev–Trinajstić information content (AvgIpc) is 2.53. The number of methoxy groups -OCH3 is 1. The molecular formula is C19H26ClNO5. The molecule has 26 heavy (non-hydrogen) atoms. The molecule has 1 aromatic rings. The molecule has 0 aliphatic rings. The lowest BCUT2D eigenvalue weighted by atomic mass is 10.2. The summed E-state index contributed by atoms with van der Waals surface area (Å²) in [6, 6.07) is 3.32. The Morgan fingerprint density at radius 1 is 1.15 bits per heavy atom. The Labute approximate surface area is 159 Å². The maximum atomic E-state index is 11.9. The summed E-state index contributed by atoms with van der Waals surface area (Å²) in [5, 5.41) is 3.05. The summed E-state index contributed by atoms with van der Waals surface area (Å²) in [6.07, 6.45) is 1.82. The number of hydrogen-bond donors (Lipinski definition) is 1. The van der Waals surface area contributed by atoms with Gasteiger partial charge in [0, 0.05) is 12.1 Å². The number of amides is 1. The van der Waals surface area contributed by atoms with Crippen molar-refractivity contribution >= 4 is 29.6 Å². The molecule has 0 aliphatic heterocycles. The number of carbonyl (C=O) groups is 2. The van der Waals surface area contributed by atoms with Gasteiger partial charge in [0.1, 0.15) is 0 Å². The lowest BCUT2D eigenvalue weighted by Crippen LogP contribution is -2.39. The van der Waals surface area contributed by atoms with Crippen LogP contribution in [0.4, 0.5) is 0 Å². The third kappa shape index (κ3) is 6.96. The molecule has 1 aromatic carbocycles. The van der Waals surface area contributed by atoms with Crippen molar-refractivity contribution in [2.24, 2.45) is 0 Å². The molecule has 0 heterocycles. The first-order chi connectivity index (χ1) is 12.1. The van der Waals surface area contributed by atoms with Crippen molar-refractivity contribution in [1.82, 2.24) is 5.32 Å². The molecule has 0 fully saturated rings. The van der Waals surface area contributed by atoms with Gasteiger partial charge in [-0.1, -0.05) is 11.6 Å². The second kappa shape index (κ2) is 10.1. The highest BCUT2D eigenvalue weighted by Crippen LogP contribution is 2.37. The Morgan fingerprint density at radius 2 is 1.81 bits per heavy atom. The van der Waals surface area contributed by atoms with Crippen LogP contribution in [0.1, 0.15) is 40.2 Å². The highest BCUT2D eigenvalue weighted by atomic mass is 35.5. The van der Waals surface area contributed by atoms with Crippen molar-refractivity contribution in [3.8, 4) is 11.5 Å². The largest absolute Gasteiger partial charge is 0.493 e. The quantitative estimate of drug-likeness (QED) is 0.548. The Balaban J connectivity index is 2.83. The van der Waals surface area contributed by atoms with E-state index in [1.807, 2.05) is 27.7 Å². The van der Waals surface area contributed by atoms with Gasteiger partial charge in [-0.3, -0.25) is 4.79 Å². The van der Waals surface area contributed by atoms with Crippen LogP contribution in [0.15, 0.2) is 18.2 Å². The Kier molecular flexibility index (Phi) is 8.45. The van der Waals surface area contributed by atoms with E-state index in [1.54, 1.807) is 12.1 Å². The topological polar surface area (TPSA) is 73.9 Å². The number of halogens is 1. The fraction of sp³-hybridized carbons (Fsp3) is 0.474. The summed E-state index contributed by atoms with van der Waals surface area (Å²) in [6.45, 7) is 8.94. The molecule has 0 spiro atoms. The van der Waals surface area contributed by atoms with Crippen LogP contribution < -0.4 is 14.8 Å². The van der Waals surface area contributed by atoms with Crippen LogP contribution in [0.25, 0.3) is 6.08 Å². The van der Waals surface area contributed by atoms with Gasteiger partial charge in [-0.15, -0.1) is 0 Å². The number of ether oxygens (including phenoxy) is 3. The zero-order valence-corrected chi connectivity index (χ0v) is 16.7. The van der Waals surface area contributed by atoms with Gasteiger partial charge < -0.3 is 19.5 Å². The average molecular weight is 384 g/mol. The normalized spacial score (nSPS) is 12.3. The molecule has 0 saturated heterocycles. The van der Waals surface area contributed by atoms with Crippen molar-refractivity contribution in [3.63, 3.8) is 0 Å². The van der Waals surface area contributed by atoms with Crippen molar-refractivity contribution < 1.29 is 23.8 Å². The van der Waals surface area contributed by atoms with Gasteiger partial charge in [-0.2, -0.15) is 0 Å². The standard InChI is InChI=1S/C19H26ClNO5/c1-11(2)21-19(23)13(5)26-17(22)8-7-14-9-15(20)18(25-12(3)4)16(10-14)24-6/h7-13H,1-6H3,(H,21,23)/b8-7+/t13-/m0/s1. The molecule has 1 N–H and O–H groups in total. The summed E-state index contributed by atoms with van der Waals surface area (Å²) in [5.41, 5.74) is 0.638. The minimum atomic E-state index is -0.880. The monoisotopic (exact) mass is 383 g/mol. The van der Waals surface area contributed by atoms with E-state index in [4.69, 9.17) is 25.8 Å². The fourth-order valence-corrected chi connectivity index (χ4v) is 2.28. The van der Waals surface area contributed by atoms with E-state index >= 15 is 0 Å². The van der Waals surface area contributed by atoms with Gasteiger partial charge in [0.15, 0.2) is 17.6 Å². The van der Waals surface area contributed by atoms with Crippen LogP contribution in [-0.4, -0.2) is 37.2 Å². The van der Waals surface area contributed by atoms with Crippen molar-refractivity contribution in [2.75, 3.05) is 7.11 Å². The summed E-state index contributed by atoms with van der Waals surface area (Å²) in [4.78, 5) is 23.6. The SMILES string of the molecule is COc1cc(/C=C/C(=O)O[C@@H](C)C(=O)NC(C)C)cc(Cl)c1OC(C)C. The predicted molar refractivity (Wildman–Crippen MR) is 102 cm³/mol. The van der Waals surface area contributed by atoms with E-state index < -0.39 is 12.1 Å². The molecule has 0 unspecified atom stereocenters. The van der Waals surface area contributed by atoms with Crippen LogP contribution in [0.2, 0.25) is 5.02 Å². The molecule has 1 amide bonds. The fourth-order valence-electron chi connectivity index (χ4n) is 2.02. The number of rotatable bonds is 8. The lowest BCUT2D eigenvalue weighted by molar-refractivity contribution is -0.150. The molecule has 144 valence electrons. The van der Waals surface area contributed by atoms with Gasteiger partial charge in [0.05, 0.1) is 18.2 Å². The Morgan fingerprint density at radius 3 is 2.35 bits per heavy atom. The minimum absolute atomic E-state index is 0.0274. The molecule has 1 atom stereocenters. The molecule has 7 heteroatoms. The molecule has 0 aromatic heterocycles. The van der Waals surface area contributed by atoms with Gasteiger partial charge in [-0.05, 0) is 58.4 Å². The van der Waals surface area contributed by atoms with Gasteiger partial charge >= 0.3 is 5.97 Å². The number of benzene rings is 1. The molecule has 6 nitrogen and oxygen atoms in total. The molecule has 0 bridgehead atoms. The van der Waals surface area contributed by atoms with E-state index in [0.29, 0.717) is 22.1 Å². The minimum Gasteiger partial charge on any atom is -0.493 e. The van der Waals surface area contributed by atoms with Crippen LogP contribution in [-0.2, 0) is 14.3 Å². The van der Waals surface area contributed by atoms with E-state index in [0.717, 1.165) is 0 Å². The molecular weight excluding hydrogens is 358 g/mol. The molecule has 0 saturated carbocycles. The van der Waals surface area contributed by atoms with Crippen molar-refractivity contribution in [1.29, 1.82) is 0 Å². The van der Waals surface area contributed by atoms with Crippen LogP contribution in [0, 0.1) is 0 Å². The molecule has 1 rings (SSSR count). The summed E-state index contributed by atoms with van der Waals surface area (Å²) >= 11 is 6.24. The lowest BCUT2D eigenvalue weighted by Gasteiger charge is -2.15. The first-order valence-corrected chi connectivity index (χ1v) is 8.75. The predicted octanol–water partition coefficient (Wildman–Crippen LogP) is 3.61. The van der Waals surface area contributed by atoms with E-state index in [9.17, 15) is 9.59 Å². The van der Waals surface area contributed by atoms with Crippen molar-refractivity contribution in [3.05, 3.63) is 28.8 Å². The van der Waals surface area contributed by atoms with Crippen LogP contribution in [0.3, 0.4) is 0 Å². The second-order valence-electron chi connectivity index (χ2n) is 6.28. The first-order valence-electron chi connectivity index (χ1n) is 8.37. The maximum absolute atomic E-state index is 11.9. The van der Waals surface area contributed by atoms with Gasteiger partial charge in [0.25, 0.3) is 5.91 Å². The maximum Gasteiger partial charge on any atom is 0.331 e. The highest BCUT2D eigenvalue weighted by molar-refractivity contribution is 6.32. The smallest absolute Gasteiger partial charge is 0.331 e.